The molecule has 1 aliphatic heterocycles. The Morgan fingerprint density at radius 2 is 2.00 bits per heavy atom. The van der Waals surface area contributed by atoms with Gasteiger partial charge in [-0.15, -0.1) is 0 Å². The standard InChI is InChI=1S/C17H18BrNO5S/c1-23-14-4-2-12(3-5-14)17(20)19(10-15-6-7-16(18)24-15)13-8-9-25(21,22)11-13/h2-7,13H,8-11H2,1H3/t13-/m0/s1. The second-order valence-corrected chi connectivity index (χ2v) is 8.93. The first-order valence-electron chi connectivity index (χ1n) is 7.77. The number of amides is 1. The molecule has 8 heteroatoms. The van der Waals surface area contributed by atoms with E-state index < -0.39 is 9.84 Å². The Bertz CT molecular complexity index is 859. The van der Waals surface area contributed by atoms with Crippen molar-refractivity contribution in [2.24, 2.45) is 0 Å². The van der Waals surface area contributed by atoms with Gasteiger partial charge in [0.2, 0.25) is 0 Å². The lowest BCUT2D eigenvalue weighted by atomic mass is 10.1. The van der Waals surface area contributed by atoms with Crippen LogP contribution in [-0.2, 0) is 16.4 Å². The maximum Gasteiger partial charge on any atom is 0.254 e. The van der Waals surface area contributed by atoms with Gasteiger partial charge in [0.15, 0.2) is 14.5 Å². The minimum absolute atomic E-state index is 0.0171. The second-order valence-electron chi connectivity index (χ2n) is 5.92. The first kappa shape index (κ1) is 18.0. The molecule has 0 N–H and O–H groups in total. The number of carbonyl (C=O) groups excluding carboxylic acids is 1. The van der Waals surface area contributed by atoms with Crippen LogP contribution >= 0.6 is 15.9 Å². The van der Waals surface area contributed by atoms with Crippen LogP contribution in [0.15, 0.2) is 45.5 Å². The molecule has 6 nitrogen and oxygen atoms in total. The third-order valence-electron chi connectivity index (χ3n) is 4.20. The Morgan fingerprint density at radius 3 is 2.52 bits per heavy atom. The van der Waals surface area contributed by atoms with Gasteiger partial charge in [-0.25, -0.2) is 8.42 Å². The number of furan rings is 1. The second kappa shape index (κ2) is 7.21. The zero-order valence-electron chi connectivity index (χ0n) is 13.6. The van der Waals surface area contributed by atoms with Crippen LogP contribution in [0.3, 0.4) is 0 Å². The Balaban J connectivity index is 1.87. The number of benzene rings is 1. The summed E-state index contributed by atoms with van der Waals surface area (Å²) in [5.41, 5.74) is 0.482. The molecule has 1 atom stereocenters. The van der Waals surface area contributed by atoms with Gasteiger partial charge in [0.25, 0.3) is 5.91 Å². The van der Waals surface area contributed by atoms with Crippen molar-refractivity contribution in [2.45, 2.75) is 19.0 Å². The van der Waals surface area contributed by atoms with Crippen molar-refractivity contribution in [1.82, 2.24) is 4.90 Å². The number of hydrogen-bond acceptors (Lipinski definition) is 5. The van der Waals surface area contributed by atoms with Crippen LogP contribution in [-0.4, -0.2) is 43.9 Å². The lowest BCUT2D eigenvalue weighted by Crippen LogP contribution is -2.40. The van der Waals surface area contributed by atoms with Crippen LogP contribution < -0.4 is 4.74 Å². The highest BCUT2D eigenvalue weighted by molar-refractivity contribution is 9.10. The van der Waals surface area contributed by atoms with Crippen LogP contribution in [0.1, 0.15) is 22.5 Å². The Morgan fingerprint density at radius 1 is 1.28 bits per heavy atom. The van der Waals surface area contributed by atoms with Crippen molar-refractivity contribution in [3.05, 3.63) is 52.4 Å². The summed E-state index contributed by atoms with van der Waals surface area (Å²) in [5.74, 6) is 1.11. The number of carbonyl (C=O) groups is 1. The highest BCUT2D eigenvalue weighted by atomic mass is 79.9. The zero-order valence-corrected chi connectivity index (χ0v) is 16.0. The molecule has 1 amide bonds. The highest BCUT2D eigenvalue weighted by Crippen LogP contribution is 2.24. The van der Waals surface area contributed by atoms with E-state index in [1.54, 1.807) is 48.4 Å². The van der Waals surface area contributed by atoms with Crippen LogP contribution in [0.5, 0.6) is 5.75 Å². The quantitative estimate of drug-likeness (QED) is 0.732. The van der Waals surface area contributed by atoms with Gasteiger partial charge in [-0.1, -0.05) is 0 Å². The lowest BCUT2D eigenvalue weighted by molar-refractivity contribution is 0.0665. The monoisotopic (exact) mass is 427 g/mol. The summed E-state index contributed by atoms with van der Waals surface area (Å²) in [6.07, 6.45) is 0.437. The molecule has 1 saturated heterocycles. The van der Waals surface area contributed by atoms with Gasteiger partial charge in [0, 0.05) is 11.6 Å². The third-order valence-corrected chi connectivity index (χ3v) is 6.38. The predicted molar refractivity (Wildman–Crippen MR) is 96.3 cm³/mol. The minimum Gasteiger partial charge on any atom is -0.497 e. The molecule has 0 spiro atoms. The maximum atomic E-state index is 13.0. The van der Waals surface area contributed by atoms with Gasteiger partial charge in [-0.05, 0) is 58.7 Å². The van der Waals surface area contributed by atoms with Crippen molar-refractivity contribution in [2.75, 3.05) is 18.6 Å². The molecule has 134 valence electrons. The molecule has 0 aliphatic carbocycles. The smallest absolute Gasteiger partial charge is 0.254 e. The molecule has 3 rings (SSSR count). The molecule has 0 radical (unpaired) electrons. The van der Waals surface area contributed by atoms with Gasteiger partial charge in [0.1, 0.15) is 11.5 Å². The summed E-state index contributed by atoms with van der Waals surface area (Å²) in [6.45, 7) is 0.219. The van der Waals surface area contributed by atoms with Crippen molar-refractivity contribution < 1.29 is 22.4 Å². The molecule has 0 unspecified atom stereocenters. The van der Waals surface area contributed by atoms with Crippen LogP contribution in [0.2, 0.25) is 0 Å². The Labute approximate surface area is 154 Å². The number of rotatable bonds is 5. The predicted octanol–water partition coefficient (Wildman–Crippen LogP) is 2.88. The van der Waals surface area contributed by atoms with Crippen LogP contribution in [0.25, 0.3) is 0 Å². The van der Waals surface area contributed by atoms with E-state index in [-0.39, 0.29) is 30.0 Å². The molecule has 0 bridgehead atoms. The third kappa shape index (κ3) is 4.24. The minimum atomic E-state index is -3.11. The molecule has 1 aliphatic rings. The van der Waals surface area contributed by atoms with Crippen LogP contribution in [0.4, 0.5) is 0 Å². The van der Waals surface area contributed by atoms with E-state index in [2.05, 4.69) is 15.9 Å². The van der Waals surface area contributed by atoms with E-state index in [0.29, 0.717) is 28.2 Å². The maximum absolute atomic E-state index is 13.0. The van der Waals surface area contributed by atoms with E-state index in [1.165, 1.54) is 0 Å². The average molecular weight is 428 g/mol. The number of ether oxygens (including phenoxy) is 1. The summed E-state index contributed by atoms with van der Waals surface area (Å²) in [6, 6.07) is 9.92. The molecule has 1 aromatic carbocycles. The SMILES string of the molecule is COc1ccc(C(=O)N(Cc2ccc(Br)o2)[C@H]2CCS(=O)(=O)C2)cc1. The summed E-state index contributed by atoms with van der Waals surface area (Å²) < 4.78 is 34.9. The Kier molecular flexibility index (Phi) is 5.19. The number of halogens is 1. The molecule has 1 aromatic heterocycles. The fourth-order valence-corrected chi connectivity index (χ4v) is 4.96. The largest absolute Gasteiger partial charge is 0.497 e. The number of nitrogens with zero attached hydrogens (tertiary/aromatic N) is 1. The van der Waals surface area contributed by atoms with Gasteiger partial charge in [0.05, 0.1) is 25.2 Å². The molecule has 1 fully saturated rings. The van der Waals surface area contributed by atoms with E-state index in [9.17, 15) is 13.2 Å². The summed E-state index contributed by atoms with van der Waals surface area (Å²) >= 11 is 3.24. The zero-order chi connectivity index (χ0) is 18.0. The summed E-state index contributed by atoms with van der Waals surface area (Å²) in [4.78, 5) is 14.6. The number of sulfone groups is 1. The highest BCUT2D eigenvalue weighted by Gasteiger charge is 2.35. The van der Waals surface area contributed by atoms with E-state index in [1.807, 2.05) is 0 Å². The fraction of sp³-hybridized carbons (Fsp3) is 0.353. The van der Waals surface area contributed by atoms with Crippen molar-refractivity contribution in [1.29, 1.82) is 0 Å². The summed E-state index contributed by atoms with van der Waals surface area (Å²) in [5, 5.41) is 0. The first-order chi connectivity index (χ1) is 11.9. The van der Waals surface area contributed by atoms with Crippen molar-refractivity contribution in [3.63, 3.8) is 0 Å². The fourth-order valence-electron chi connectivity index (χ4n) is 2.89. The normalized spacial score (nSPS) is 18.9. The van der Waals surface area contributed by atoms with E-state index in [4.69, 9.17) is 9.15 Å². The Hall–Kier alpha value is -1.80. The molecule has 25 heavy (non-hydrogen) atoms. The molecule has 0 saturated carbocycles. The molecule has 2 aromatic rings. The van der Waals surface area contributed by atoms with Gasteiger partial charge >= 0.3 is 0 Å². The first-order valence-corrected chi connectivity index (χ1v) is 10.4. The summed E-state index contributed by atoms with van der Waals surface area (Å²) in [7, 11) is -1.55. The van der Waals surface area contributed by atoms with Crippen molar-refractivity contribution in [3.8, 4) is 5.75 Å². The van der Waals surface area contributed by atoms with E-state index in [0.717, 1.165) is 0 Å². The molecular formula is C17H18BrNO5S. The molecular weight excluding hydrogens is 410 g/mol. The average Bonchev–Trinajstić information content (AvgIpc) is 3.17. The van der Waals surface area contributed by atoms with Gasteiger partial charge in [-0.2, -0.15) is 0 Å². The number of methoxy groups -OCH3 is 1. The van der Waals surface area contributed by atoms with Crippen molar-refractivity contribution >= 4 is 31.7 Å². The molecule has 2 heterocycles. The topological polar surface area (TPSA) is 76.8 Å². The van der Waals surface area contributed by atoms with Gasteiger partial charge < -0.3 is 14.1 Å². The lowest BCUT2D eigenvalue weighted by Gasteiger charge is -2.27. The van der Waals surface area contributed by atoms with E-state index >= 15 is 0 Å². The van der Waals surface area contributed by atoms with Gasteiger partial charge in [-0.3, -0.25) is 4.79 Å². The number of hydrogen-bond donors (Lipinski definition) is 0. The van der Waals surface area contributed by atoms with Crippen LogP contribution in [0, 0.1) is 0 Å².